The number of aryl methyl sites for hydroxylation is 5. The first kappa shape index (κ1) is 78.9. The summed E-state index contributed by atoms with van der Waals surface area (Å²) in [5.74, 6) is -3.15. The Bertz CT molecular complexity index is 5390. The van der Waals surface area contributed by atoms with Gasteiger partial charge in [-0.3, -0.25) is 38.2 Å². The van der Waals surface area contributed by atoms with Gasteiger partial charge in [-0.05, 0) is 248 Å². The molecule has 0 bridgehead atoms. The molecule has 0 spiro atoms. The zero-order valence-corrected chi connectivity index (χ0v) is 67.9. The number of rotatable bonds is 17. The van der Waals surface area contributed by atoms with Gasteiger partial charge in [-0.15, -0.1) is 0 Å². The van der Waals surface area contributed by atoms with Crippen LogP contribution in [0.25, 0.3) is 76.8 Å². The summed E-state index contributed by atoms with van der Waals surface area (Å²) in [7, 11) is 0. The molecule has 0 radical (unpaired) electrons. The first-order valence-corrected chi connectivity index (χ1v) is 38.8. The minimum Gasteiger partial charge on any atom is -0.489 e. The molecule has 556 valence electrons. The van der Waals surface area contributed by atoms with Gasteiger partial charge < -0.3 is 25.2 Å². The van der Waals surface area contributed by atoms with Crippen molar-refractivity contribution in [3.63, 3.8) is 0 Å². The van der Waals surface area contributed by atoms with E-state index in [-0.39, 0.29) is 23.3 Å². The summed E-state index contributed by atoms with van der Waals surface area (Å²) in [6, 6.07) is 50.3. The third kappa shape index (κ3) is 18.7. The monoisotopic (exact) mass is 1650 g/mol. The number of benzene rings is 8. The molecule has 13 aromatic rings. The van der Waals surface area contributed by atoms with Crippen LogP contribution >= 0.6 is 59.4 Å². The zero-order chi connectivity index (χ0) is 76.8. The molecular formula is C84H90Br3ClN12O7. The SMILES string of the molecule is Cc1[nH]nc2ccc(Br)cc12.Cc1c2cc(-c3ccc(C(=O)C(=O)N[C@H](CN4CCCC4)[C@H](O)c4ccc(OC5CC5)c(Cl)c4)cc3)ccc2nn1C(C)C.Cc1c2cc(-c3ccc(C(=O)C(=O)O)cc3)ccc2nn1C(C)C.Cc1c2cc(Br)ccc2nn1C(C)C.Cc1nn(C(C)C)c2ccc(Br)cc12. The summed E-state index contributed by atoms with van der Waals surface area (Å²) in [6.07, 6.45) is 3.30. The standard InChI is InChI=1S/C35H39ClN4O4.C19H18N2O3.2C11H13BrN2.C8H7BrN2/c1-21(2)40-22(3)28-18-25(10-14-30(28)38-40)23-6-8-24(9-7-23)34(42)35(43)37-31(20-39-16-4-5-17-39)33(41)26-11-15-32(29(36)19-26)44-27-12-13-27;1-11(2)21-12(3)16-10-15(8-9-17(16)20-21)13-4-6-14(7-5-13)18(22)19(23)24;1-7(2)14-8(3)10-6-9(12)4-5-11(10)13-14;1-7(2)14-11-5-4-9(12)6-10(11)8(3)13-14;1-5-7-4-6(9)2-3-8(7)11-10-5/h6-11,14-15,18-19,21,27,31,33,41H,4-5,12-13,16-17,20H2,1-3H3,(H,37,43);4-11H,1-3H3,(H,23,24);2*4-7H,1-3H3;2-4H,1H3,(H,10,11)/t31-,33-;;;;/m1..../s1. The Labute approximate surface area is 653 Å². The molecule has 15 rings (SSSR count). The van der Waals surface area contributed by atoms with Crippen molar-refractivity contribution >= 4 is 137 Å². The van der Waals surface area contributed by atoms with E-state index in [0.717, 1.165) is 130 Å². The fraction of sp³-hybridized carbons (Fsp3) is 0.321. The number of H-pyrrole nitrogens is 1. The van der Waals surface area contributed by atoms with Crippen LogP contribution in [0.3, 0.4) is 0 Å². The number of halogens is 4. The fourth-order valence-electron chi connectivity index (χ4n) is 13.3. The first-order chi connectivity index (χ1) is 51.0. The maximum atomic E-state index is 13.3. The van der Waals surface area contributed by atoms with Crippen molar-refractivity contribution in [2.24, 2.45) is 0 Å². The molecule has 2 aliphatic rings. The third-order valence-corrected chi connectivity index (χ3v) is 20.9. The van der Waals surface area contributed by atoms with Gasteiger partial charge in [-0.2, -0.15) is 25.5 Å². The van der Waals surface area contributed by atoms with E-state index in [2.05, 4.69) is 205 Å². The predicted octanol–water partition coefficient (Wildman–Crippen LogP) is 20.2. The largest absolute Gasteiger partial charge is 0.489 e. The average Bonchev–Trinajstić information content (AvgIpc) is 1.67. The lowest BCUT2D eigenvalue weighted by atomic mass is 9.99. The molecule has 6 heterocycles. The molecule has 1 aliphatic heterocycles. The number of carboxylic acids is 1. The molecule has 0 unspecified atom stereocenters. The van der Waals surface area contributed by atoms with Crippen LogP contribution in [0.1, 0.15) is 166 Å². The van der Waals surface area contributed by atoms with Gasteiger partial charge in [0, 0.05) is 105 Å². The van der Waals surface area contributed by atoms with Crippen LogP contribution in [0.15, 0.2) is 171 Å². The highest BCUT2D eigenvalue weighted by atomic mass is 79.9. The number of fused-ring (bicyclic) bond motifs is 5. The first-order valence-electron chi connectivity index (χ1n) is 36.1. The molecule has 19 nitrogen and oxygen atoms in total. The van der Waals surface area contributed by atoms with Gasteiger partial charge in [0.15, 0.2) is 0 Å². The number of hydrogen-bond acceptors (Lipinski definition) is 12. The lowest BCUT2D eigenvalue weighted by Gasteiger charge is -2.28. The summed E-state index contributed by atoms with van der Waals surface area (Å²) in [5, 5.41) is 54.6. The van der Waals surface area contributed by atoms with Crippen LogP contribution in [-0.4, -0.2) is 120 Å². The van der Waals surface area contributed by atoms with E-state index < -0.39 is 35.6 Å². The molecular weight excluding hydrogens is 1560 g/mol. The van der Waals surface area contributed by atoms with E-state index in [1.165, 1.54) is 27.4 Å². The molecule has 1 aliphatic carbocycles. The maximum absolute atomic E-state index is 13.3. The molecule has 1 saturated carbocycles. The third-order valence-electron chi connectivity index (χ3n) is 19.1. The second kappa shape index (κ2) is 34.4. The van der Waals surface area contributed by atoms with Crippen LogP contribution in [0.4, 0.5) is 0 Å². The summed E-state index contributed by atoms with van der Waals surface area (Å²) in [5.41, 5.74) is 15.7. The lowest BCUT2D eigenvalue weighted by molar-refractivity contribution is -0.131. The van der Waals surface area contributed by atoms with Gasteiger partial charge in [-0.1, -0.05) is 126 Å². The normalized spacial score (nSPS) is 13.5. The Hall–Kier alpha value is -9.16. The summed E-state index contributed by atoms with van der Waals surface area (Å²) in [4.78, 5) is 50.9. The second-order valence-corrected chi connectivity index (χ2v) is 31.6. The molecule has 8 aromatic carbocycles. The van der Waals surface area contributed by atoms with Crippen molar-refractivity contribution < 1.29 is 34.1 Å². The number of carboxylic acid groups (broad SMARTS) is 1. The number of ether oxygens (including phenoxy) is 1. The topological polar surface area (TPSA) is 233 Å². The van der Waals surface area contributed by atoms with E-state index in [1.807, 2.05) is 90.8 Å². The van der Waals surface area contributed by atoms with Crippen molar-refractivity contribution in [2.45, 2.75) is 158 Å². The number of likely N-dealkylation sites (tertiary alicyclic amines) is 1. The van der Waals surface area contributed by atoms with E-state index in [9.17, 15) is 24.3 Å². The van der Waals surface area contributed by atoms with Crippen LogP contribution in [0.5, 0.6) is 5.75 Å². The number of aliphatic hydroxyl groups excluding tert-OH is 1. The quantitative estimate of drug-likeness (QED) is 0.0491. The molecule has 23 heteroatoms. The highest BCUT2D eigenvalue weighted by Gasteiger charge is 2.31. The number of ketones is 2. The van der Waals surface area contributed by atoms with Gasteiger partial charge in [0.05, 0.1) is 50.4 Å². The predicted molar refractivity (Wildman–Crippen MR) is 438 cm³/mol. The van der Waals surface area contributed by atoms with E-state index >= 15 is 0 Å². The highest BCUT2D eigenvalue weighted by molar-refractivity contribution is 9.11. The number of carbonyl (C=O) groups is 4. The number of amides is 1. The average molecular weight is 1650 g/mol. The Morgan fingerprint density at radius 1 is 0.523 bits per heavy atom. The van der Waals surface area contributed by atoms with Gasteiger partial charge in [0.1, 0.15) is 11.9 Å². The number of Topliss-reactive ketones (excluding diaryl/α,β-unsaturated/α-hetero) is 2. The summed E-state index contributed by atoms with van der Waals surface area (Å²) < 4.78 is 17.3. The van der Waals surface area contributed by atoms with Gasteiger partial charge in [-0.25, -0.2) is 4.79 Å². The number of nitrogens with one attached hydrogen (secondary N) is 2. The van der Waals surface area contributed by atoms with Crippen molar-refractivity contribution in [1.82, 2.24) is 59.5 Å². The van der Waals surface area contributed by atoms with Crippen LogP contribution < -0.4 is 10.1 Å². The molecule has 2 atom stereocenters. The van der Waals surface area contributed by atoms with Crippen LogP contribution in [0, 0.1) is 34.6 Å². The van der Waals surface area contributed by atoms with Crippen molar-refractivity contribution in [3.05, 3.63) is 221 Å². The van der Waals surface area contributed by atoms with E-state index in [4.69, 9.17) is 26.5 Å². The molecule has 1 amide bonds. The summed E-state index contributed by atoms with van der Waals surface area (Å²) in [6.45, 7) is 29.5. The molecule has 5 aromatic heterocycles. The molecule has 2 fully saturated rings. The number of aromatic nitrogens is 10. The Kier molecular flexibility index (Phi) is 25.4. The Morgan fingerprint density at radius 2 is 0.963 bits per heavy atom. The number of carbonyl (C=O) groups excluding carboxylic acids is 3. The number of aromatic amines is 1. The highest BCUT2D eigenvalue weighted by Crippen LogP contribution is 2.36. The molecule has 107 heavy (non-hydrogen) atoms. The Morgan fingerprint density at radius 3 is 1.44 bits per heavy atom. The van der Waals surface area contributed by atoms with Gasteiger partial charge in [0.2, 0.25) is 5.78 Å². The molecule has 1 saturated heterocycles. The van der Waals surface area contributed by atoms with Gasteiger partial charge in [0.25, 0.3) is 11.7 Å². The number of aliphatic hydroxyl groups is 1. The van der Waals surface area contributed by atoms with Crippen molar-refractivity contribution in [1.29, 1.82) is 0 Å². The van der Waals surface area contributed by atoms with Crippen LogP contribution in [-0.2, 0) is 9.59 Å². The smallest absolute Gasteiger partial charge is 0.377 e. The second-order valence-electron chi connectivity index (χ2n) is 28.4. The molecule has 4 N–H and O–H groups in total. The van der Waals surface area contributed by atoms with Crippen molar-refractivity contribution in [2.75, 3.05) is 19.6 Å². The number of nitrogens with zero attached hydrogens (tertiary/aromatic N) is 10. The summed E-state index contributed by atoms with van der Waals surface area (Å²) >= 11 is 16.8. The minimum absolute atomic E-state index is 0.177. The minimum atomic E-state index is -1.44. The fourth-order valence-corrected chi connectivity index (χ4v) is 14.6. The Balaban J connectivity index is 0.000000150. The lowest BCUT2D eigenvalue weighted by Crippen LogP contribution is -2.48. The zero-order valence-electron chi connectivity index (χ0n) is 62.4. The number of hydrogen-bond donors (Lipinski definition) is 4. The van der Waals surface area contributed by atoms with Gasteiger partial charge >= 0.3 is 5.97 Å². The van der Waals surface area contributed by atoms with Crippen molar-refractivity contribution in [3.8, 4) is 28.0 Å². The van der Waals surface area contributed by atoms with E-state index in [1.54, 1.807) is 54.6 Å². The maximum Gasteiger partial charge on any atom is 0.377 e. The van der Waals surface area contributed by atoms with E-state index in [0.29, 0.717) is 41.0 Å². The van der Waals surface area contributed by atoms with Crippen LogP contribution in [0.2, 0.25) is 5.02 Å². The number of aliphatic carboxylic acids is 1.